The zero-order chi connectivity index (χ0) is 26.2. The second kappa shape index (κ2) is 12.9. The lowest BCUT2D eigenvalue weighted by atomic mass is 9.99. The van der Waals surface area contributed by atoms with Crippen molar-refractivity contribution in [3.05, 3.63) is 52.3 Å². The average Bonchev–Trinajstić information content (AvgIpc) is 3.56. The lowest BCUT2D eigenvalue weighted by molar-refractivity contribution is 0.0448. The molecule has 9 heteroatoms. The first-order valence-electron chi connectivity index (χ1n) is 13.5. The number of benzene rings is 1. The molecular formula is C28H38N4O5. The van der Waals surface area contributed by atoms with Crippen LogP contribution in [0.25, 0.3) is 0 Å². The molecule has 2 aliphatic heterocycles. The van der Waals surface area contributed by atoms with Gasteiger partial charge in [-0.25, -0.2) is 4.79 Å². The summed E-state index contributed by atoms with van der Waals surface area (Å²) in [6.07, 6.45) is 4.93. The van der Waals surface area contributed by atoms with Crippen molar-refractivity contribution in [2.45, 2.75) is 58.9 Å². The first kappa shape index (κ1) is 26.9. The van der Waals surface area contributed by atoms with Gasteiger partial charge < -0.3 is 19.7 Å². The molecular weight excluding hydrogens is 472 g/mol. The number of nitrogens with one attached hydrogen (secondary N) is 1. The molecule has 37 heavy (non-hydrogen) atoms. The third kappa shape index (κ3) is 6.77. The van der Waals surface area contributed by atoms with Gasteiger partial charge in [-0.3, -0.25) is 14.3 Å². The number of carbonyl (C=O) groups is 3. The molecule has 1 aromatic carbocycles. The van der Waals surface area contributed by atoms with Crippen LogP contribution >= 0.6 is 0 Å². The van der Waals surface area contributed by atoms with Crippen LogP contribution in [0.5, 0.6) is 0 Å². The minimum absolute atomic E-state index is 0.000153. The van der Waals surface area contributed by atoms with E-state index in [4.69, 9.17) is 14.6 Å². The van der Waals surface area contributed by atoms with Crippen molar-refractivity contribution in [3.8, 4) is 0 Å². The lowest BCUT2D eigenvalue weighted by Gasteiger charge is -2.16. The normalized spacial score (nSPS) is 17.5. The van der Waals surface area contributed by atoms with Crippen LogP contribution in [0.4, 0.5) is 0 Å². The van der Waals surface area contributed by atoms with E-state index in [1.165, 1.54) is 0 Å². The summed E-state index contributed by atoms with van der Waals surface area (Å²) in [6, 6.07) is 6.76. The van der Waals surface area contributed by atoms with Crippen LogP contribution in [-0.4, -0.2) is 71.9 Å². The van der Waals surface area contributed by atoms with Gasteiger partial charge in [-0.15, -0.1) is 0 Å². The molecule has 200 valence electrons. The van der Waals surface area contributed by atoms with Gasteiger partial charge in [0.05, 0.1) is 17.9 Å². The summed E-state index contributed by atoms with van der Waals surface area (Å²) in [6.45, 7) is 8.18. The quantitative estimate of drug-likeness (QED) is 0.574. The van der Waals surface area contributed by atoms with Gasteiger partial charge in [-0.2, -0.15) is 5.10 Å². The smallest absolute Gasteiger partial charge is 0.338 e. The maximum absolute atomic E-state index is 12.9. The molecule has 0 bridgehead atoms. The average molecular weight is 511 g/mol. The standard InChI is InChI=1S/C28H38N4O5/c1-3-32-25-23(11-7-15-36-16-8-12-29-26(25)33)24(30-32)17-20(2)19-37-28(35)22-10-6-9-21(18-22)27(34)31-13-4-5-14-31/h6,9-10,18,20H,3-5,7-8,11-17,19H2,1-2H3,(H,29,33)/t20-/m1/s1. The lowest BCUT2D eigenvalue weighted by Crippen LogP contribution is -2.28. The Kier molecular flexibility index (Phi) is 9.33. The molecule has 0 spiro atoms. The van der Waals surface area contributed by atoms with Gasteiger partial charge in [0.2, 0.25) is 0 Å². The fraction of sp³-hybridized carbons (Fsp3) is 0.571. The molecule has 4 rings (SSSR count). The van der Waals surface area contributed by atoms with Crippen molar-refractivity contribution >= 4 is 17.8 Å². The summed E-state index contributed by atoms with van der Waals surface area (Å²) in [7, 11) is 0. The van der Waals surface area contributed by atoms with E-state index in [0.717, 1.165) is 50.0 Å². The van der Waals surface area contributed by atoms with Crippen LogP contribution < -0.4 is 5.32 Å². The number of amides is 2. The molecule has 2 amide bonds. The van der Waals surface area contributed by atoms with Crippen LogP contribution in [0, 0.1) is 5.92 Å². The van der Waals surface area contributed by atoms with Crippen molar-refractivity contribution in [1.82, 2.24) is 20.0 Å². The van der Waals surface area contributed by atoms with Crippen LogP contribution in [-0.2, 0) is 28.9 Å². The first-order valence-corrected chi connectivity index (χ1v) is 13.5. The summed E-state index contributed by atoms with van der Waals surface area (Å²) >= 11 is 0. The number of fused-ring (bicyclic) bond motifs is 1. The van der Waals surface area contributed by atoms with Crippen LogP contribution in [0.3, 0.4) is 0 Å². The Morgan fingerprint density at radius 2 is 1.89 bits per heavy atom. The monoisotopic (exact) mass is 510 g/mol. The molecule has 1 aromatic heterocycles. The minimum Gasteiger partial charge on any atom is -0.462 e. The number of carbonyl (C=O) groups excluding carboxylic acids is 3. The number of nitrogens with zero attached hydrogens (tertiary/aromatic N) is 3. The predicted molar refractivity (Wildman–Crippen MR) is 139 cm³/mol. The molecule has 0 unspecified atom stereocenters. The number of hydrogen-bond acceptors (Lipinski definition) is 6. The van der Waals surface area contributed by atoms with Crippen molar-refractivity contribution in [3.63, 3.8) is 0 Å². The Bertz CT molecular complexity index is 1110. The molecule has 0 radical (unpaired) electrons. The highest BCUT2D eigenvalue weighted by molar-refractivity contribution is 5.98. The van der Waals surface area contributed by atoms with E-state index < -0.39 is 5.97 Å². The van der Waals surface area contributed by atoms with Gasteiger partial charge in [0.25, 0.3) is 11.8 Å². The molecule has 0 aliphatic carbocycles. The Balaban J connectivity index is 1.40. The zero-order valence-electron chi connectivity index (χ0n) is 22.0. The maximum atomic E-state index is 12.9. The Hall–Kier alpha value is -3.20. The van der Waals surface area contributed by atoms with Crippen LogP contribution in [0.1, 0.15) is 82.0 Å². The summed E-state index contributed by atoms with van der Waals surface area (Å²) in [5.41, 5.74) is 3.34. The van der Waals surface area contributed by atoms with Crippen LogP contribution in [0.15, 0.2) is 24.3 Å². The van der Waals surface area contributed by atoms with Crippen LogP contribution in [0.2, 0.25) is 0 Å². The van der Waals surface area contributed by atoms with E-state index in [2.05, 4.69) is 5.32 Å². The highest BCUT2D eigenvalue weighted by Crippen LogP contribution is 2.22. The van der Waals surface area contributed by atoms with Gasteiger partial charge in [-0.1, -0.05) is 13.0 Å². The second-order valence-electron chi connectivity index (χ2n) is 9.90. The highest BCUT2D eigenvalue weighted by atomic mass is 16.5. The summed E-state index contributed by atoms with van der Waals surface area (Å²) < 4.78 is 13.1. The van der Waals surface area contributed by atoms with Crippen molar-refractivity contribution in [2.24, 2.45) is 5.92 Å². The summed E-state index contributed by atoms with van der Waals surface area (Å²) in [5.74, 6) is -0.585. The molecule has 2 aromatic rings. The SMILES string of the molecule is CCn1nc(C[C@@H](C)COC(=O)c2cccc(C(=O)N3CCCC3)c2)c2c1C(=O)NCCCOCCC2. The number of rotatable bonds is 7. The van der Waals surface area contributed by atoms with Gasteiger partial charge in [-0.05, 0) is 69.6 Å². The predicted octanol–water partition coefficient (Wildman–Crippen LogP) is 3.26. The van der Waals surface area contributed by atoms with Gasteiger partial charge >= 0.3 is 5.97 Å². The van der Waals surface area contributed by atoms with Gasteiger partial charge in [0, 0.05) is 50.5 Å². The molecule has 1 saturated heterocycles. The Labute approximate surface area is 218 Å². The summed E-state index contributed by atoms with van der Waals surface area (Å²) in [5, 5.41) is 7.75. The van der Waals surface area contributed by atoms with Crippen molar-refractivity contribution in [1.29, 1.82) is 0 Å². The number of ether oxygens (including phenoxy) is 2. The third-order valence-electron chi connectivity index (χ3n) is 6.89. The van der Waals surface area contributed by atoms with E-state index in [9.17, 15) is 14.4 Å². The Morgan fingerprint density at radius 3 is 2.68 bits per heavy atom. The molecule has 0 saturated carbocycles. The van der Waals surface area contributed by atoms with E-state index in [1.54, 1.807) is 28.9 Å². The third-order valence-corrected chi connectivity index (χ3v) is 6.89. The number of hydrogen-bond donors (Lipinski definition) is 1. The second-order valence-corrected chi connectivity index (χ2v) is 9.90. The van der Waals surface area contributed by atoms with Gasteiger partial charge in [0.15, 0.2) is 0 Å². The summed E-state index contributed by atoms with van der Waals surface area (Å²) in [4.78, 5) is 40.2. The maximum Gasteiger partial charge on any atom is 0.338 e. The topological polar surface area (TPSA) is 103 Å². The molecule has 1 atom stereocenters. The fourth-order valence-electron chi connectivity index (χ4n) is 4.94. The molecule has 1 N–H and O–H groups in total. The first-order chi connectivity index (χ1) is 18.0. The van der Waals surface area contributed by atoms with E-state index in [-0.39, 0.29) is 24.3 Å². The van der Waals surface area contributed by atoms with E-state index >= 15 is 0 Å². The van der Waals surface area contributed by atoms with Crippen molar-refractivity contribution in [2.75, 3.05) is 39.5 Å². The largest absolute Gasteiger partial charge is 0.462 e. The molecule has 2 aliphatic rings. The fourth-order valence-corrected chi connectivity index (χ4v) is 4.94. The number of aromatic nitrogens is 2. The molecule has 9 nitrogen and oxygen atoms in total. The minimum atomic E-state index is -0.446. The number of likely N-dealkylation sites (tertiary alicyclic amines) is 1. The molecule has 3 heterocycles. The van der Waals surface area contributed by atoms with Gasteiger partial charge in [0.1, 0.15) is 5.69 Å². The molecule has 1 fully saturated rings. The Morgan fingerprint density at radius 1 is 1.14 bits per heavy atom. The van der Waals surface area contributed by atoms with E-state index in [0.29, 0.717) is 56.0 Å². The van der Waals surface area contributed by atoms with E-state index in [1.807, 2.05) is 18.7 Å². The zero-order valence-corrected chi connectivity index (χ0v) is 22.0. The highest BCUT2D eigenvalue weighted by Gasteiger charge is 2.25. The number of esters is 1. The van der Waals surface area contributed by atoms with Crippen molar-refractivity contribution < 1.29 is 23.9 Å². The number of aryl methyl sites for hydroxylation is 1.